The standard InChI is InChI=1S/C9H18N2O2/c1-9(2,10)8(12)11-5-4-7(6-11)13-3/h7H,4-6,10H2,1-3H3/t7-/m0/s1. The van der Waals surface area contributed by atoms with Crippen molar-refractivity contribution >= 4 is 5.91 Å². The van der Waals surface area contributed by atoms with E-state index in [1.807, 2.05) is 0 Å². The summed E-state index contributed by atoms with van der Waals surface area (Å²) in [6.45, 7) is 4.90. The number of amides is 1. The highest BCUT2D eigenvalue weighted by atomic mass is 16.5. The van der Waals surface area contributed by atoms with Crippen LogP contribution in [-0.2, 0) is 9.53 Å². The molecule has 76 valence electrons. The van der Waals surface area contributed by atoms with Gasteiger partial charge in [0.25, 0.3) is 0 Å². The molecule has 1 heterocycles. The van der Waals surface area contributed by atoms with E-state index >= 15 is 0 Å². The quantitative estimate of drug-likeness (QED) is 0.659. The Morgan fingerprint density at radius 1 is 1.62 bits per heavy atom. The maximum absolute atomic E-state index is 11.7. The van der Waals surface area contributed by atoms with E-state index in [-0.39, 0.29) is 12.0 Å². The second-order valence-corrected chi connectivity index (χ2v) is 4.12. The molecule has 0 aliphatic carbocycles. The molecule has 0 radical (unpaired) electrons. The van der Waals surface area contributed by atoms with E-state index in [0.717, 1.165) is 13.0 Å². The van der Waals surface area contributed by atoms with E-state index in [4.69, 9.17) is 10.5 Å². The van der Waals surface area contributed by atoms with Crippen molar-refractivity contribution in [3.05, 3.63) is 0 Å². The number of rotatable bonds is 2. The fraction of sp³-hybridized carbons (Fsp3) is 0.889. The Labute approximate surface area is 79.0 Å². The van der Waals surface area contributed by atoms with Gasteiger partial charge in [-0.05, 0) is 20.3 Å². The van der Waals surface area contributed by atoms with Crippen LogP contribution >= 0.6 is 0 Å². The Kier molecular flexibility index (Phi) is 2.93. The molecule has 1 fully saturated rings. The lowest BCUT2D eigenvalue weighted by molar-refractivity contribution is -0.135. The molecule has 1 aliphatic rings. The van der Waals surface area contributed by atoms with E-state index in [9.17, 15) is 4.79 Å². The zero-order valence-corrected chi connectivity index (χ0v) is 8.54. The lowest BCUT2D eigenvalue weighted by Gasteiger charge is -2.25. The number of nitrogens with two attached hydrogens (primary N) is 1. The second-order valence-electron chi connectivity index (χ2n) is 4.12. The third kappa shape index (κ3) is 2.42. The molecule has 1 rings (SSSR count). The first-order valence-electron chi connectivity index (χ1n) is 4.56. The normalized spacial score (nSPS) is 23.7. The summed E-state index contributed by atoms with van der Waals surface area (Å²) in [5.74, 6) is 0.00653. The topological polar surface area (TPSA) is 55.6 Å². The Balaban J connectivity index is 2.52. The van der Waals surface area contributed by atoms with Crippen LogP contribution in [0.5, 0.6) is 0 Å². The molecular formula is C9H18N2O2. The van der Waals surface area contributed by atoms with Gasteiger partial charge in [0.05, 0.1) is 11.6 Å². The minimum Gasteiger partial charge on any atom is -0.380 e. The predicted molar refractivity (Wildman–Crippen MR) is 50.3 cm³/mol. The molecule has 4 heteroatoms. The third-order valence-electron chi connectivity index (χ3n) is 2.32. The summed E-state index contributed by atoms with van der Waals surface area (Å²) in [6, 6.07) is 0. The first-order chi connectivity index (χ1) is 5.95. The lowest BCUT2D eigenvalue weighted by atomic mass is 10.1. The number of ether oxygens (including phenoxy) is 1. The average Bonchev–Trinajstić information content (AvgIpc) is 2.48. The van der Waals surface area contributed by atoms with Gasteiger partial charge in [0.2, 0.25) is 5.91 Å². The maximum Gasteiger partial charge on any atom is 0.242 e. The Morgan fingerprint density at radius 2 is 2.23 bits per heavy atom. The molecule has 13 heavy (non-hydrogen) atoms. The number of methoxy groups -OCH3 is 1. The highest BCUT2D eigenvalue weighted by molar-refractivity contribution is 5.85. The molecule has 4 nitrogen and oxygen atoms in total. The molecule has 1 amide bonds. The first-order valence-corrected chi connectivity index (χ1v) is 4.56. The van der Waals surface area contributed by atoms with Crippen LogP contribution in [0.25, 0.3) is 0 Å². The van der Waals surface area contributed by atoms with Crippen molar-refractivity contribution in [1.29, 1.82) is 0 Å². The number of likely N-dealkylation sites (tertiary alicyclic amines) is 1. The molecule has 0 spiro atoms. The fourth-order valence-electron chi connectivity index (χ4n) is 1.51. The minimum atomic E-state index is -0.761. The van der Waals surface area contributed by atoms with Crippen LogP contribution in [0.4, 0.5) is 0 Å². The molecule has 0 bridgehead atoms. The molecule has 1 saturated heterocycles. The van der Waals surface area contributed by atoms with Gasteiger partial charge >= 0.3 is 0 Å². The van der Waals surface area contributed by atoms with Crippen LogP contribution < -0.4 is 5.73 Å². The Hall–Kier alpha value is -0.610. The molecule has 0 aromatic heterocycles. The van der Waals surface area contributed by atoms with E-state index in [1.54, 1.807) is 25.9 Å². The summed E-state index contributed by atoms with van der Waals surface area (Å²) in [5, 5.41) is 0. The molecular weight excluding hydrogens is 168 g/mol. The van der Waals surface area contributed by atoms with Gasteiger partial charge in [-0.25, -0.2) is 0 Å². The van der Waals surface area contributed by atoms with Crippen molar-refractivity contribution in [3.8, 4) is 0 Å². The average molecular weight is 186 g/mol. The summed E-state index contributed by atoms with van der Waals surface area (Å²) in [5.41, 5.74) is 4.95. The number of nitrogens with zero attached hydrogens (tertiary/aromatic N) is 1. The number of carbonyl (C=O) groups excluding carboxylic acids is 1. The van der Waals surface area contributed by atoms with Gasteiger partial charge < -0.3 is 15.4 Å². The van der Waals surface area contributed by atoms with Gasteiger partial charge in [-0.15, -0.1) is 0 Å². The highest BCUT2D eigenvalue weighted by Crippen LogP contribution is 2.15. The van der Waals surface area contributed by atoms with Gasteiger partial charge in [0, 0.05) is 20.2 Å². The van der Waals surface area contributed by atoms with Crippen molar-refractivity contribution in [3.63, 3.8) is 0 Å². The van der Waals surface area contributed by atoms with Crippen LogP contribution in [0.3, 0.4) is 0 Å². The summed E-state index contributed by atoms with van der Waals surface area (Å²) < 4.78 is 5.17. The van der Waals surface area contributed by atoms with Crippen molar-refractivity contribution in [2.45, 2.75) is 31.9 Å². The monoisotopic (exact) mass is 186 g/mol. The molecule has 0 unspecified atom stereocenters. The zero-order chi connectivity index (χ0) is 10.1. The van der Waals surface area contributed by atoms with Gasteiger partial charge in [0.15, 0.2) is 0 Å². The van der Waals surface area contributed by atoms with Crippen molar-refractivity contribution in [1.82, 2.24) is 4.90 Å². The largest absolute Gasteiger partial charge is 0.380 e. The van der Waals surface area contributed by atoms with Crippen molar-refractivity contribution < 1.29 is 9.53 Å². The van der Waals surface area contributed by atoms with E-state index in [2.05, 4.69) is 0 Å². The molecule has 0 aromatic rings. The second kappa shape index (κ2) is 3.64. The molecule has 0 aromatic carbocycles. The maximum atomic E-state index is 11.7. The van der Waals surface area contributed by atoms with Gasteiger partial charge in [-0.1, -0.05) is 0 Å². The smallest absolute Gasteiger partial charge is 0.242 e. The van der Waals surface area contributed by atoms with Crippen LogP contribution in [0.15, 0.2) is 0 Å². The van der Waals surface area contributed by atoms with Crippen LogP contribution in [0.1, 0.15) is 20.3 Å². The molecule has 1 atom stereocenters. The van der Waals surface area contributed by atoms with E-state index in [0.29, 0.717) is 6.54 Å². The van der Waals surface area contributed by atoms with E-state index in [1.165, 1.54) is 0 Å². The van der Waals surface area contributed by atoms with Gasteiger partial charge in [0.1, 0.15) is 0 Å². The van der Waals surface area contributed by atoms with E-state index < -0.39 is 5.54 Å². The minimum absolute atomic E-state index is 0.00653. The fourth-order valence-corrected chi connectivity index (χ4v) is 1.51. The Morgan fingerprint density at radius 3 is 2.62 bits per heavy atom. The molecule has 0 saturated carbocycles. The van der Waals surface area contributed by atoms with Crippen LogP contribution in [-0.4, -0.2) is 42.6 Å². The Bertz CT molecular complexity index is 198. The highest BCUT2D eigenvalue weighted by Gasteiger charge is 2.32. The number of carbonyl (C=O) groups is 1. The van der Waals surface area contributed by atoms with Crippen molar-refractivity contribution in [2.75, 3.05) is 20.2 Å². The lowest BCUT2D eigenvalue weighted by Crippen LogP contribution is -2.50. The summed E-state index contributed by atoms with van der Waals surface area (Å²) in [6.07, 6.45) is 1.10. The number of hydrogen-bond acceptors (Lipinski definition) is 3. The van der Waals surface area contributed by atoms with Crippen LogP contribution in [0, 0.1) is 0 Å². The van der Waals surface area contributed by atoms with Crippen molar-refractivity contribution in [2.24, 2.45) is 5.73 Å². The number of hydrogen-bond donors (Lipinski definition) is 1. The predicted octanol–water partition coefficient (Wildman–Crippen LogP) is -0.0290. The van der Waals surface area contributed by atoms with Crippen LogP contribution in [0.2, 0.25) is 0 Å². The SMILES string of the molecule is CO[C@H]1CCN(C(=O)C(C)(C)N)C1. The first kappa shape index (κ1) is 10.5. The zero-order valence-electron chi connectivity index (χ0n) is 8.54. The summed E-state index contributed by atoms with van der Waals surface area (Å²) in [7, 11) is 1.67. The van der Waals surface area contributed by atoms with Gasteiger partial charge in [-0.3, -0.25) is 4.79 Å². The third-order valence-corrected chi connectivity index (χ3v) is 2.32. The molecule has 1 aliphatic heterocycles. The summed E-state index contributed by atoms with van der Waals surface area (Å²) >= 11 is 0. The molecule has 2 N–H and O–H groups in total. The summed E-state index contributed by atoms with van der Waals surface area (Å²) in [4.78, 5) is 13.4. The van der Waals surface area contributed by atoms with Gasteiger partial charge in [-0.2, -0.15) is 0 Å².